The van der Waals surface area contributed by atoms with E-state index >= 15 is 0 Å². The molecular weight excluding hydrogens is 640 g/mol. The normalized spacial score (nSPS) is 20.0. The summed E-state index contributed by atoms with van der Waals surface area (Å²) in [7, 11) is -8.27. The lowest BCUT2D eigenvalue weighted by Gasteiger charge is -2.31. The van der Waals surface area contributed by atoms with E-state index in [-0.39, 0.29) is 82.1 Å². The Morgan fingerprint density at radius 2 is 1.24 bits per heavy atom. The van der Waals surface area contributed by atoms with Crippen molar-refractivity contribution in [3.8, 4) is 0 Å². The Balaban J connectivity index is 1.58. The Bertz CT molecular complexity index is 1770. The summed E-state index contributed by atoms with van der Waals surface area (Å²) < 4.78 is 67.5. The Hall–Kier alpha value is -3.70. The first-order valence-electron chi connectivity index (χ1n) is 15.1. The first kappa shape index (κ1) is 33.7. The smallest absolute Gasteiger partial charge is 0.310 e. The number of carbonyl (C=O) groups excluding carboxylic acids is 2. The van der Waals surface area contributed by atoms with Crippen molar-refractivity contribution in [1.82, 2.24) is 8.61 Å². The number of carbonyl (C=O) groups is 2. The lowest BCUT2D eigenvalue weighted by atomic mass is 9.99. The third-order valence-corrected chi connectivity index (χ3v) is 12.2. The van der Waals surface area contributed by atoms with Crippen molar-refractivity contribution in [2.45, 2.75) is 49.3 Å². The van der Waals surface area contributed by atoms with Crippen molar-refractivity contribution in [2.75, 3.05) is 44.9 Å². The topological polar surface area (TPSA) is 189 Å². The van der Waals surface area contributed by atoms with Gasteiger partial charge < -0.3 is 9.47 Å². The molecular formula is C30H36N4O10S2. The van der Waals surface area contributed by atoms with Crippen molar-refractivity contribution in [2.24, 2.45) is 17.0 Å². The van der Waals surface area contributed by atoms with Gasteiger partial charge in [0.2, 0.25) is 20.0 Å². The van der Waals surface area contributed by atoms with Gasteiger partial charge in [0.05, 0.1) is 40.5 Å². The third kappa shape index (κ3) is 6.19. The van der Waals surface area contributed by atoms with Crippen LogP contribution in [0.1, 0.15) is 39.5 Å². The van der Waals surface area contributed by atoms with Crippen LogP contribution in [0.25, 0.3) is 21.5 Å². The summed E-state index contributed by atoms with van der Waals surface area (Å²) >= 11 is 0. The Kier molecular flexibility index (Phi) is 9.93. The quantitative estimate of drug-likeness (QED) is 0.136. The van der Waals surface area contributed by atoms with E-state index in [4.69, 9.17) is 9.47 Å². The van der Waals surface area contributed by atoms with Crippen LogP contribution in [-0.2, 0) is 39.1 Å². The minimum Gasteiger partial charge on any atom is -0.466 e. The molecule has 14 nitrogen and oxygen atoms in total. The molecule has 2 heterocycles. The molecule has 0 saturated carbocycles. The second-order valence-corrected chi connectivity index (χ2v) is 15.1. The maximum atomic E-state index is 13.7. The van der Waals surface area contributed by atoms with Gasteiger partial charge in [-0.25, -0.2) is 16.8 Å². The van der Waals surface area contributed by atoms with Gasteiger partial charge in [-0.3, -0.25) is 20.3 Å². The summed E-state index contributed by atoms with van der Waals surface area (Å²) in [6, 6.07) is 8.03. The second-order valence-electron chi connectivity index (χ2n) is 11.2. The predicted molar refractivity (Wildman–Crippen MR) is 169 cm³/mol. The van der Waals surface area contributed by atoms with Crippen LogP contribution in [0.15, 0.2) is 51.4 Å². The van der Waals surface area contributed by atoms with E-state index in [0.29, 0.717) is 25.7 Å². The zero-order valence-electron chi connectivity index (χ0n) is 25.5. The molecule has 0 bridgehead atoms. The number of ether oxygens (including phenoxy) is 2. The molecule has 2 unspecified atom stereocenters. The number of nitroso groups, excluding NO2 is 1. The number of sulfonamides is 2. The standard InChI is InChI=1S/C30H36N4O10S2/c1-3-43-29(35)19-7-5-13-33(17-19)45(39,40)21-9-11-23-25(15-21)28(32-38)26-16-22(10-12-24(26)27(23)31-37)46(41,42)34-14-6-8-20(18-34)30(36)44-4-2/h9-12,15-16,19-20,31,37H,3-8,13-14,17-18H2,1-2H3. The van der Waals surface area contributed by atoms with Crippen molar-refractivity contribution >= 4 is 64.9 Å². The molecule has 2 fully saturated rings. The van der Waals surface area contributed by atoms with E-state index in [1.807, 2.05) is 0 Å². The first-order valence-corrected chi connectivity index (χ1v) is 18.0. The predicted octanol–water partition coefficient (Wildman–Crippen LogP) is 4.12. The van der Waals surface area contributed by atoms with Crippen molar-refractivity contribution in [1.29, 1.82) is 0 Å². The van der Waals surface area contributed by atoms with E-state index in [0.717, 1.165) is 0 Å². The number of hydrogen-bond acceptors (Lipinski definition) is 12. The largest absolute Gasteiger partial charge is 0.466 e. The average molecular weight is 677 g/mol. The number of benzene rings is 3. The number of piperidine rings is 2. The monoisotopic (exact) mass is 676 g/mol. The molecule has 0 spiro atoms. The summed E-state index contributed by atoms with van der Waals surface area (Å²) in [5.74, 6) is -2.16. The van der Waals surface area contributed by atoms with Crippen LogP contribution in [-0.4, -0.2) is 82.0 Å². The van der Waals surface area contributed by atoms with Gasteiger partial charge >= 0.3 is 11.9 Å². The van der Waals surface area contributed by atoms with Gasteiger partial charge in [-0.15, -0.1) is 4.91 Å². The number of nitrogens with one attached hydrogen (secondary N) is 1. The van der Waals surface area contributed by atoms with E-state index in [2.05, 4.69) is 10.7 Å². The number of hydrogen-bond donors (Lipinski definition) is 2. The summed E-state index contributed by atoms with van der Waals surface area (Å²) in [5, 5.41) is 14.0. The zero-order chi connectivity index (χ0) is 33.2. The number of anilines is 1. The molecule has 3 aromatic carbocycles. The van der Waals surface area contributed by atoms with Crippen LogP contribution in [0, 0.1) is 16.7 Å². The average Bonchev–Trinajstić information content (AvgIpc) is 3.06. The molecule has 2 aliphatic heterocycles. The van der Waals surface area contributed by atoms with Crippen molar-refractivity contribution in [3.05, 3.63) is 41.3 Å². The van der Waals surface area contributed by atoms with Crippen molar-refractivity contribution in [3.63, 3.8) is 0 Å². The highest BCUT2D eigenvalue weighted by Crippen LogP contribution is 2.43. The molecule has 2 N–H and O–H groups in total. The highest BCUT2D eigenvalue weighted by Gasteiger charge is 2.36. The molecule has 3 aromatic rings. The van der Waals surface area contributed by atoms with Gasteiger partial charge in [-0.2, -0.15) is 8.61 Å². The SMILES string of the molecule is CCOC(=O)C1CCCN(S(=O)(=O)c2ccc3c(NO)c4ccc(S(=O)(=O)N5CCCC(C(=O)OCC)C5)cc4c(N=O)c3c2)C1. The third-order valence-electron chi connectivity index (χ3n) is 8.52. The van der Waals surface area contributed by atoms with E-state index < -0.39 is 43.8 Å². The Morgan fingerprint density at radius 3 is 1.61 bits per heavy atom. The van der Waals surface area contributed by atoms with E-state index in [1.165, 1.54) is 45.0 Å². The molecule has 2 saturated heterocycles. The maximum Gasteiger partial charge on any atom is 0.310 e. The minimum atomic E-state index is -4.14. The first-order chi connectivity index (χ1) is 22.0. The molecule has 16 heteroatoms. The molecule has 2 atom stereocenters. The van der Waals surface area contributed by atoms with Gasteiger partial charge in [0.15, 0.2) is 0 Å². The molecule has 248 valence electrons. The summed E-state index contributed by atoms with van der Waals surface area (Å²) in [4.78, 5) is 36.7. The highest BCUT2D eigenvalue weighted by molar-refractivity contribution is 7.89. The number of fused-ring (bicyclic) bond motifs is 2. The number of esters is 2. The minimum absolute atomic E-state index is 0.0616. The summed E-state index contributed by atoms with van der Waals surface area (Å²) in [6.45, 7) is 3.96. The van der Waals surface area contributed by atoms with Crippen LogP contribution >= 0.6 is 0 Å². The van der Waals surface area contributed by atoms with Crippen LogP contribution in [0.3, 0.4) is 0 Å². The molecule has 2 aliphatic rings. The van der Waals surface area contributed by atoms with Crippen LogP contribution < -0.4 is 5.48 Å². The zero-order valence-corrected chi connectivity index (χ0v) is 27.1. The fourth-order valence-electron chi connectivity index (χ4n) is 6.23. The Labute approximate surface area is 266 Å². The lowest BCUT2D eigenvalue weighted by Crippen LogP contribution is -2.42. The number of rotatable bonds is 10. The summed E-state index contributed by atoms with van der Waals surface area (Å²) in [6.07, 6.45) is 1.89. The lowest BCUT2D eigenvalue weighted by molar-refractivity contribution is -0.150. The van der Waals surface area contributed by atoms with Gasteiger partial charge in [0.1, 0.15) is 5.69 Å². The molecule has 0 aromatic heterocycles. The van der Waals surface area contributed by atoms with Crippen LogP contribution in [0.4, 0.5) is 11.4 Å². The van der Waals surface area contributed by atoms with Gasteiger partial charge in [-0.05, 0) is 69.0 Å². The summed E-state index contributed by atoms with van der Waals surface area (Å²) in [5.41, 5.74) is 2.00. The molecule has 5 rings (SSSR count). The number of nitrogens with zero attached hydrogens (tertiary/aromatic N) is 3. The van der Waals surface area contributed by atoms with E-state index in [1.54, 1.807) is 13.8 Å². The maximum absolute atomic E-state index is 13.7. The molecule has 46 heavy (non-hydrogen) atoms. The second kappa shape index (κ2) is 13.6. The van der Waals surface area contributed by atoms with Gasteiger partial charge in [0.25, 0.3) is 0 Å². The Morgan fingerprint density at radius 1 is 0.804 bits per heavy atom. The molecule has 0 amide bonds. The molecule has 0 aliphatic carbocycles. The van der Waals surface area contributed by atoms with Crippen LogP contribution in [0.5, 0.6) is 0 Å². The van der Waals surface area contributed by atoms with Crippen molar-refractivity contribution < 1.29 is 41.1 Å². The van der Waals surface area contributed by atoms with Crippen LogP contribution in [0.2, 0.25) is 0 Å². The van der Waals surface area contributed by atoms with E-state index in [9.17, 15) is 36.5 Å². The fourth-order valence-corrected chi connectivity index (χ4v) is 9.33. The van der Waals surface area contributed by atoms with Gasteiger partial charge in [0, 0.05) is 47.7 Å². The van der Waals surface area contributed by atoms with Gasteiger partial charge in [-0.1, -0.05) is 12.1 Å². The highest BCUT2D eigenvalue weighted by atomic mass is 32.2. The molecule has 0 radical (unpaired) electrons. The fraction of sp³-hybridized carbons (Fsp3) is 0.467.